The zero-order chi connectivity index (χ0) is 22.0. The number of nitrogens with two attached hydrogens (primary N) is 1. The van der Waals surface area contributed by atoms with Crippen molar-refractivity contribution in [3.05, 3.63) is 65.0 Å². The number of allylic oxidation sites excluding steroid dienone is 1. The minimum Gasteiger partial charge on any atom is -0.504 e. The first kappa shape index (κ1) is 20.2. The Balaban J connectivity index is 1.86. The molecule has 0 bridgehead atoms. The maximum atomic E-state index is 10.1. The van der Waals surface area contributed by atoms with Gasteiger partial charge in [0.05, 0.1) is 30.4 Å². The Morgan fingerprint density at radius 3 is 2.58 bits per heavy atom. The van der Waals surface area contributed by atoms with Gasteiger partial charge in [0.1, 0.15) is 17.4 Å². The van der Waals surface area contributed by atoms with Gasteiger partial charge in [0, 0.05) is 5.56 Å². The second-order valence-corrected chi connectivity index (χ2v) is 6.86. The summed E-state index contributed by atoms with van der Waals surface area (Å²) in [5.41, 5.74) is 9.26. The average molecular weight is 418 g/mol. The van der Waals surface area contributed by atoms with Crippen molar-refractivity contribution >= 4 is 0 Å². The highest BCUT2D eigenvalue weighted by Crippen LogP contribution is 2.47. The number of hydrogen-bond acceptors (Lipinski definition) is 7. The number of phenols is 1. The van der Waals surface area contributed by atoms with E-state index in [0.29, 0.717) is 36.1 Å². The molecule has 2 heterocycles. The summed E-state index contributed by atoms with van der Waals surface area (Å²) in [5.74, 6) is 0.859. The first-order chi connectivity index (χ1) is 15.1. The Morgan fingerprint density at radius 2 is 1.90 bits per heavy atom. The van der Waals surface area contributed by atoms with Crippen LogP contribution in [0.15, 0.2) is 53.9 Å². The van der Waals surface area contributed by atoms with Crippen LogP contribution in [0.4, 0.5) is 0 Å². The number of phenolic OH excluding ortho intramolecular Hbond substituents is 1. The van der Waals surface area contributed by atoms with Crippen molar-refractivity contribution in [3.63, 3.8) is 0 Å². The summed E-state index contributed by atoms with van der Waals surface area (Å²) >= 11 is 0. The van der Waals surface area contributed by atoms with Gasteiger partial charge in [0.2, 0.25) is 11.8 Å². The molecule has 1 unspecified atom stereocenters. The van der Waals surface area contributed by atoms with Crippen molar-refractivity contribution in [2.24, 2.45) is 5.73 Å². The first-order valence-electron chi connectivity index (χ1n) is 9.92. The lowest BCUT2D eigenvalue weighted by atomic mass is 9.83. The highest BCUT2D eigenvalue weighted by Gasteiger charge is 2.36. The van der Waals surface area contributed by atoms with Crippen LogP contribution in [-0.4, -0.2) is 28.5 Å². The fourth-order valence-electron chi connectivity index (χ4n) is 3.66. The Morgan fingerprint density at radius 1 is 1.16 bits per heavy atom. The largest absolute Gasteiger partial charge is 0.504 e. The van der Waals surface area contributed by atoms with Crippen LogP contribution < -0.4 is 19.9 Å². The lowest BCUT2D eigenvalue weighted by Crippen LogP contribution is -2.21. The van der Waals surface area contributed by atoms with Crippen LogP contribution in [0.25, 0.3) is 11.3 Å². The molecule has 0 spiro atoms. The number of nitriles is 1. The number of nitrogens with zero attached hydrogens (tertiary/aromatic N) is 2. The molecular formula is C23H22N4O4. The quantitative estimate of drug-likeness (QED) is 0.556. The molecule has 0 saturated carbocycles. The average Bonchev–Trinajstić information content (AvgIpc) is 3.18. The van der Waals surface area contributed by atoms with E-state index in [4.69, 9.17) is 19.9 Å². The molecule has 0 saturated heterocycles. The molecule has 31 heavy (non-hydrogen) atoms. The van der Waals surface area contributed by atoms with Crippen molar-refractivity contribution in [3.8, 4) is 40.5 Å². The molecule has 1 aliphatic rings. The molecule has 1 atom stereocenters. The number of fused-ring (bicyclic) bond motifs is 1. The van der Waals surface area contributed by atoms with E-state index >= 15 is 0 Å². The Hall–Kier alpha value is -4.12. The molecule has 0 radical (unpaired) electrons. The van der Waals surface area contributed by atoms with Crippen molar-refractivity contribution in [2.75, 3.05) is 13.2 Å². The second kappa shape index (κ2) is 8.32. The van der Waals surface area contributed by atoms with E-state index in [2.05, 4.69) is 16.3 Å². The predicted octanol–water partition coefficient (Wildman–Crippen LogP) is 3.80. The van der Waals surface area contributed by atoms with Crippen molar-refractivity contribution in [2.45, 2.75) is 19.8 Å². The summed E-state index contributed by atoms with van der Waals surface area (Å²) in [5, 5.41) is 27.3. The summed E-state index contributed by atoms with van der Waals surface area (Å²) in [6, 6.07) is 14.7. The van der Waals surface area contributed by atoms with E-state index in [1.807, 2.05) is 38.1 Å². The third kappa shape index (κ3) is 3.62. The van der Waals surface area contributed by atoms with Crippen molar-refractivity contribution in [1.82, 2.24) is 10.2 Å². The lowest BCUT2D eigenvalue weighted by molar-refractivity contribution is 0.317. The minimum atomic E-state index is -0.547. The molecule has 3 aromatic rings. The van der Waals surface area contributed by atoms with E-state index in [-0.39, 0.29) is 17.2 Å². The highest BCUT2D eigenvalue weighted by atomic mass is 16.5. The fourth-order valence-corrected chi connectivity index (χ4v) is 3.66. The van der Waals surface area contributed by atoms with Crippen LogP contribution in [0.5, 0.6) is 23.1 Å². The number of ether oxygens (including phenoxy) is 3. The smallest absolute Gasteiger partial charge is 0.244 e. The molecule has 8 nitrogen and oxygen atoms in total. The zero-order valence-corrected chi connectivity index (χ0v) is 17.2. The van der Waals surface area contributed by atoms with Crippen molar-refractivity contribution in [1.29, 1.82) is 5.26 Å². The number of aromatic nitrogens is 2. The van der Waals surface area contributed by atoms with Gasteiger partial charge in [-0.25, -0.2) is 0 Å². The van der Waals surface area contributed by atoms with Crippen LogP contribution in [0, 0.1) is 11.3 Å². The summed E-state index contributed by atoms with van der Waals surface area (Å²) in [4.78, 5) is 0. The maximum Gasteiger partial charge on any atom is 0.244 e. The molecule has 1 aromatic heterocycles. The molecular weight excluding hydrogens is 396 g/mol. The predicted molar refractivity (Wildman–Crippen MR) is 114 cm³/mol. The van der Waals surface area contributed by atoms with Crippen molar-refractivity contribution < 1.29 is 19.3 Å². The van der Waals surface area contributed by atoms with Gasteiger partial charge in [-0.1, -0.05) is 6.07 Å². The van der Waals surface area contributed by atoms with Gasteiger partial charge in [-0.3, -0.25) is 5.10 Å². The standard InChI is InChI=1S/C23H22N4O4/c1-3-29-15-8-5-13(6-9-15)21-20-19(14-7-10-17(28)18(11-14)30-4-2)16(12-24)22(25)31-23(20)27-26-21/h5-11,19,28H,3-4,25H2,1-2H3,(H,26,27). The van der Waals surface area contributed by atoms with Crippen LogP contribution in [0.1, 0.15) is 30.9 Å². The third-order valence-corrected chi connectivity index (χ3v) is 5.01. The number of aromatic hydroxyl groups is 1. The Bertz CT molecular complexity index is 1180. The number of H-pyrrole nitrogens is 1. The Labute approximate surface area is 179 Å². The molecule has 2 aromatic carbocycles. The molecule has 4 rings (SSSR count). The Kier molecular flexibility index (Phi) is 5.41. The van der Waals surface area contributed by atoms with Gasteiger partial charge in [0.25, 0.3) is 0 Å². The molecule has 0 aliphatic carbocycles. The second-order valence-electron chi connectivity index (χ2n) is 6.86. The zero-order valence-electron chi connectivity index (χ0n) is 17.2. The third-order valence-electron chi connectivity index (χ3n) is 5.01. The molecule has 158 valence electrons. The summed E-state index contributed by atoms with van der Waals surface area (Å²) in [6.07, 6.45) is 0. The summed E-state index contributed by atoms with van der Waals surface area (Å²) in [6.45, 7) is 4.72. The van der Waals surface area contributed by atoms with Gasteiger partial charge in [0.15, 0.2) is 11.5 Å². The number of benzene rings is 2. The van der Waals surface area contributed by atoms with E-state index in [9.17, 15) is 10.4 Å². The van der Waals surface area contributed by atoms with E-state index in [1.165, 1.54) is 6.07 Å². The number of aromatic amines is 1. The van der Waals surface area contributed by atoms with E-state index < -0.39 is 5.92 Å². The van der Waals surface area contributed by atoms with Gasteiger partial charge < -0.3 is 25.1 Å². The van der Waals surface area contributed by atoms with Crippen LogP contribution in [0.2, 0.25) is 0 Å². The van der Waals surface area contributed by atoms with Crippen LogP contribution in [0.3, 0.4) is 0 Å². The monoisotopic (exact) mass is 418 g/mol. The topological polar surface area (TPSA) is 126 Å². The number of hydrogen-bond donors (Lipinski definition) is 3. The van der Waals surface area contributed by atoms with E-state index in [1.54, 1.807) is 12.1 Å². The minimum absolute atomic E-state index is 0.00391. The van der Waals surface area contributed by atoms with Gasteiger partial charge in [-0.2, -0.15) is 5.26 Å². The van der Waals surface area contributed by atoms with E-state index in [0.717, 1.165) is 16.9 Å². The number of rotatable bonds is 6. The van der Waals surface area contributed by atoms with Gasteiger partial charge >= 0.3 is 0 Å². The fraction of sp³-hybridized carbons (Fsp3) is 0.217. The molecule has 8 heteroatoms. The summed E-state index contributed by atoms with van der Waals surface area (Å²) < 4.78 is 16.7. The van der Waals surface area contributed by atoms with Crippen LogP contribution >= 0.6 is 0 Å². The SMILES string of the molecule is CCOc1ccc(-c2[nH]nc3c2C(c2ccc(O)c(OCC)c2)C(C#N)=C(N)O3)cc1. The molecule has 0 amide bonds. The van der Waals surface area contributed by atoms with Gasteiger partial charge in [-0.15, -0.1) is 5.10 Å². The normalized spacial score (nSPS) is 15.1. The maximum absolute atomic E-state index is 10.1. The molecule has 0 fully saturated rings. The summed E-state index contributed by atoms with van der Waals surface area (Å²) in [7, 11) is 0. The lowest BCUT2D eigenvalue weighted by Gasteiger charge is -2.24. The van der Waals surface area contributed by atoms with Crippen LogP contribution in [-0.2, 0) is 0 Å². The molecule has 4 N–H and O–H groups in total. The molecule has 1 aliphatic heterocycles. The van der Waals surface area contributed by atoms with Gasteiger partial charge in [-0.05, 0) is 55.8 Å². The number of nitrogens with one attached hydrogen (secondary N) is 1. The highest BCUT2D eigenvalue weighted by molar-refractivity contribution is 5.71. The first-order valence-corrected chi connectivity index (χ1v) is 9.92.